The summed E-state index contributed by atoms with van der Waals surface area (Å²) in [7, 11) is 0. The van der Waals surface area contributed by atoms with Crippen molar-refractivity contribution in [3.05, 3.63) is 64.1 Å². The number of piperidine rings is 1. The molecule has 7 heteroatoms. The summed E-state index contributed by atoms with van der Waals surface area (Å²) in [5.41, 5.74) is 3.26. The second-order valence-electron chi connectivity index (χ2n) is 8.48. The van der Waals surface area contributed by atoms with Crippen molar-refractivity contribution in [3.63, 3.8) is 0 Å². The number of anilines is 1. The number of aromatic nitrogens is 1. The molecule has 0 aliphatic carbocycles. The fourth-order valence-electron chi connectivity index (χ4n) is 4.41. The van der Waals surface area contributed by atoms with Crippen LogP contribution < -0.4 is 10.9 Å². The highest BCUT2D eigenvalue weighted by Gasteiger charge is 2.35. The summed E-state index contributed by atoms with van der Waals surface area (Å²) >= 11 is 7.06. The number of carbonyl (C=O) groups is 1. The van der Waals surface area contributed by atoms with Crippen LogP contribution in [-0.2, 0) is 11.3 Å². The smallest absolute Gasteiger partial charge is 0.250 e. The number of amides is 1. The Morgan fingerprint density at radius 3 is 2.67 bits per heavy atom. The summed E-state index contributed by atoms with van der Waals surface area (Å²) in [5, 5.41) is 2.95. The van der Waals surface area contributed by atoms with Crippen molar-refractivity contribution >= 4 is 39.9 Å². The molecule has 0 radical (unpaired) electrons. The lowest BCUT2D eigenvalue weighted by Crippen LogP contribution is -2.48. The van der Waals surface area contributed by atoms with E-state index in [1.165, 1.54) is 17.3 Å². The molecular weight excluding hydrogens is 414 g/mol. The summed E-state index contributed by atoms with van der Waals surface area (Å²) in [6, 6.07) is 13.5. The minimum Gasteiger partial charge on any atom is -0.356 e. The van der Waals surface area contributed by atoms with Crippen LogP contribution in [0.1, 0.15) is 43.4 Å². The van der Waals surface area contributed by atoms with Gasteiger partial charge in [0.1, 0.15) is 4.32 Å². The van der Waals surface area contributed by atoms with Crippen LogP contribution >= 0.6 is 24.0 Å². The van der Waals surface area contributed by atoms with Gasteiger partial charge in [0.05, 0.1) is 5.75 Å². The maximum atomic E-state index is 12.4. The van der Waals surface area contributed by atoms with E-state index in [1.807, 2.05) is 34.9 Å². The molecule has 1 amide bonds. The molecule has 1 fully saturated rings. The molecule has 1 aromatic carbocycles. The molecule has 5 nitrogen and oxygen atoms in total. The number of carbonyl (C=O) groups excluding carboxylic acids is 1. The third-order valence-corrected chi connectivity index (χ3v) is 7.45. The van der Waals surface area contributed by atoms with Crippen LogP contribution in [0.25, 0.3) is 0 Å². The van der Waals surface area contributed by atoms with E-state index in [1.54, 1.807) is 6.07 Å². The van der Waals surface area contributed by atoms with E-state index in [4.69, 9.17) is 12.2 Å². The maximum Gasteiger partial charge on any atom is 0.250 e. The second kappa shape index (κ2) is 8.94. The first kappa shape index (κ1) is 21.1. The number of thiocarbonyl (C=S) groups is 1. The summed E-state index contributed by atoms with van der Waals surface area (Å²) in [4.78, 5) is 26.7. The van der Waals surface area contributed by atoms with Gasteiger partial charge in [-0.25, -0.2) is 0 Å². The lowest BCUT2D eigenvalue weighted by atomic mass is 9.83. The SMILES string of the molecule is CC(C)c1ccc(NC(=O)CSC(=S)N2CC3CC(C2)c2cccc(=O)n2C3)cc1. The van der Waals surface area contributed by atoms with Gasteiger partial charge in [-0.2, -0.15) is 0 Å². The standard InChI is InChI=1S/C23H27N3O2S2/c1-15(2)17-6-8-19(9-7-17)24-21(27)14-30-23(29)25-11-16-10-18(13-25)20-4-3-5-22(28)26(20)12-16/h3-9,15-16,18H,10-14H2,1-2H3,(H,24,27). The molecule has 2 atom stereocenters. The lowest BCUT2D eigenvalue weighted by Gasteiger charge is -2.43. The Labute approximate surface area is 186 Å². The lowest BCUT2D eigenvalue weighted by molar-refractivity contribution is -0.113. The normalized spacial score (nSPS) is 20.0. The summed E-state index contributed by atoms with van der Waals surface area (Å²) in [6.45, 7) is 6.71. The zero-order valence-electron chi connectivity index (χ0n) is 17.3. The van der Waals surface area contributed by atoms with E-state index in [0.29, 0.717) is 23.5 Å². The first-order valence-corrected chi connectivity index (χ1v) is 11.8. The Hall–Kier alpha value is -2.12. The van der Waals surface area contributed by atoms with Gasteiger partial charge in [0.25, 0.3) is 5.56 Å². The van der Waals surface area contributed by atoms with Crippen molar-refractivity contribution in [2.75, 3.05) is 24.2 Å². The molecule has 2 aliphatic heterocycles. The van der Waals surface area contributed by atoms with Crippen LogP contribution in [-0.4, -0.2) is 38.5 Å². The molecule has 1 saturated heterocycles. The molecule has 4 rings (SSSR count). The topological polar surface area (TPSA) is 54.3 Å². The molecule has 2 bridgehead atoms. The summed E-state index contributed by atoms with van der Waals surface area (Å²) in [6.07, 6.45) is 1.10. The predicted molar refractivity (Wildman–Crippen MR) is 127 cm³/mol. The van der Waals surface area contributed by atoms with Crippen molar-refractivity contribution in [3.8, 4) is 0 Å². The van der Waals surface area contributed by atoms with Crippen molar-refractivity contribution in [1.29, 1.82) is 0 Å². The van der Waals surface area contributed by atoms with Gasteiger partial charge < -0.3 is 14.8 Å². The van der Waals surface area contributed by atoms with Crippen LogP contribution in [0.5, 0.6) is 0 Å². The number of hydrogen-bond acceptors (Lipinski definition) is 4. The van der Waals surface area contributed by atoms with E-state index < -0.39 is 0 Å². The number of likely N-dealkylation sites (tertiary alicyclic amines) is 1. The molecule has 0 saturated carbocycles. The number of pyridine rings is 1. The van der Waals surface area contributed by atoms with Gasteiger partial charge in [-0.1, -0.05) is 56.0 Å². The second-order valence-corrected chi connectivity index (χ2v) is 10.1. The van der Waals surface area contributed by atoms with Crippen LogP contribution in [0, 0.1) is 5.92 Å². The van der Waals surface area contributed by atoms with E-state index in [9.17, 15) is 9.59 Å². The Balaban J connectivity index is 1.31. The molecule has 2 aliphatic rings. The molecule has 3 heterocycles. The van der Waals surface area contributed by atoms with E-state index in [2.05, 4.69) is 30.1 Å². The Bertz CT molecular complexity index is 1000. The number of benzene rings is 1. The number of rotatable bonds is 4. The molecule has 0 spiro atoms. The number of hydrogen-bond donors (Lipinski definition) is 1. The third-order valence-electron chi connectivity index (χ3n) is 5.93. The van der Waals surface area contributed by atoms with Gasteiger partial charge in [0.2, 0.25) is 5.91 Å². The Morgan fingerprint density at radius 2 is 1.93 bits per heavy atom. The van der Waals surface area contributed by atoms with E-state index in [0.717, 1.165) is 41.8 Å². The number of fused-ring (bicyclic) bond motifs is 4. The number of nitrogens with zero attached hydrogens (tertiary/aromatic N) is 2. The maximum absolute atomic E-state index is 12.4. The molecule has 1 aromatic heterocycles. The minimum atomic E-state index is -0.0475. The molecule has 2 unspecified atom stereocenters. The van der Waals surface area contributed by atoms with Gasteiger partial charge in [0.15, 0.2) is 0 Å². The molecule has 30 heavy (non-hydrogen) atoms. The first-order valence-electron chi connectivity index (χ1n) is 10.4. The highest BCUT2D eigenvalue weighted by atomic mass is 32.2. The molecule has 2 aromatic rings. The van der Waals surface area contributed by atoms with Crippen molar-refractivity contribution < 1.29 is 4.79 Å². The van der Waals surface area contributed by atoms with Crippen LogP contribution in [0.2, 0.25) is 0 Å². The summed E-state index contributed by atoms with van der Waals surface area (Å²) < 4.78 is 2.69. The van der Waals surface area contributed by atoms with Crippen molar-refractivity contribution in [2.45, 2.75) is 38.6 Å². The van der Waals surface area contributed by atoms with Crippen LogP contribution in [0.3, 0.4) is 0 Å². The molecule has 158 valence electrons. The highest BCUT2D eigenvalue weighted by Crippen LogP contribution is 2.36. The Morgan fingerprint density at radius 1 is 1.17 bits per heavy atom. The minimum absolute atomic E-state index is 0.0475. The molecular formula is C23H27N3O2S2. The summed E-state index contributed by atoms with van der Waals surface area (Å²) in [5.74, 6) is 1.46. The Kier molecular flexibility index (Phi) is 6.29. The van der Waals surface area contributed by atoms with E-state index >= 15 is 0 Å². The monoisotopic (exact) mass is 441 g/mol. The zero-order valence-corrected chi connectivity index (χ0v) is 19.0. The van der Waals surface area contributed by atoms with Gasteiger partial charge in [-0.15, -0.1) is 0 Å². The fraction of sp³-hybridized carbons (Fsp3) is 0.435. The van der Waals surface area contributed by atoms with Gasteiger partial charge in [-0.3, -0.25) is 9.59 Å². The van der Waals surface area contributed by atoms with Crippen molar-refractivity contribution in [1.82, 2.24) is 9.47 Å². The zero-order chi connectivity index (χ0) is 21.3. The quantitative estimate of drug-likeness (QED) is 0.726. The average molecular weight is 442 g/mol. The highest BCUT2D eigenvalue weighted by molar-refractivity contribution is 8.23. The predicted octanol–water partition coefficient (Wildman–Crippen LogP) is 4.05. The first-order chi connectivity index (χ1) is 14.4. The van der Waals surface area contributed by atoms with Crippen molar-refractivity contribution in [2.24, 2.45) is 5.92 Å². The van der Waals surface area contributed by atoms with Gasteiger partial charge in [0, 0.05) is 43.0 Å². The fourth-order valence-corrected chi connectivity index (χ4v) is 5.40. The van der Waals surface area contributed by atoms with Gasteiger partial charge in [-0.05, 0) is 42.0 Å². The van der Waals surface area contributed by atoms with E-state index in [-0.39, 0.29) is 11.5 Å². The number of thioether (sulfide) groups is 1. The molecule has 1 N–H and O–H groups in total. The average Bonchev–Trinajstić information content (AvgIpc) is 2.73. The van der Waals surface area contributed by atoms with Crippen LogP contribution in [0.15, 0.2) is 47.3 Å². The van der Waals surface area contributed by atoms with Gasteiger partial charge >= 0.3 is 0 Å². The third kappa shape index (κ3) is 4.62. The van der Waals surface area contributed by atoms with Crippen LogP contribution in [0.4, 0.5) is 5.69 Å². The number of nitrogens with one attached hydrogen (secondary N) is 1. The largest absolute Gasteiger partial charge is 0.356 e.